The first-order valence-electron chi connectivity index (χ1n) is 9.97. The van der Waals surface area contributed by atoms with Gasteiger partial charge in [0.05, 0.1) is 6.20 Å². The topological polar surface area (TPSA) is 48.7 Å². The zero-order chi connectivity index (χ0) is 18.6. The number of nitrogens with zero attached hydrogens (tertiary/aromatic N) is 5. The van der Waals surface area contributed by atoms with Crippen LogP contribution in [0.2, 0.25) is 0 Å². The van der Waals surface area contributed by atoms with Crippen LogP contribution in [0.4, 0.5) is 5.69 Å². The molecule has 6 nitrogen and oxygen atoms in total. The number of para-hydroxylation sites is 1. The van der Waals surface area contributed by atoms with Crippen LogP contribution >= 0.6 is 24.0 Å². The van der Waals surface area contributed by atoms with Gasteiger partial charge in [-0.2, -0.15) is 5.10 Å². The Balaban J connectivity index is 0.00000225. The molecule has 1 N–H and O–H groups in total. The van der Waals surface area contributed by atoms with Crippen molar-refractivity contribution in [3.05, 3.63) is 48.3 Å². The van der Waals surface area contributed by atoms with Gasteiger partial charge in [-0.3, -0.25) is 9.67 Å². The number of nitrogens with one attached hydrogen (secondary N) is 1. The standard InChI is InChI=1S/C21H30N6.HI/c1-22-21(27-11-9-18(16-27)19-13-24-25(2)15-19)23-12-17-8-10-26(14-17)20-6-4-3-5-7-20;/h3-7,13,15,17-18H,8-12,14,16H2,1-2H3,(H,22,23);1H. The van der Waals surface area contributed by atoms with Crippen molar-refractivity contribution in [2.45, 2.75) is 18.8 Å². The van der Waals surface area contributed by atoms with Gasteiger partial charge in [-0.05, 0) is 36.5 Å². The lowest BCUT2D eigenvalue weighted by molar-refractivity contribution is 0.470. The summed E-state index contributed by atoms with van der Waals surface area (Å²) < 4.78 is 1.89. The van der Waals surface area contributed by atoms with E-state index >= 15 is 0 Å². The minimum atomic E-state index is 0. The number of likely N-dealkylation sites (tertiary alicyclic amines) is 1. The van der Waals surface area contributed by atoms with Crippen LogP contribution in [0.1, 0.15) is 24.3 Å². The molecule has 0 bridgehead atoms. The predicted octanol–water partition coefficient (Wildman–Crippen LogP) is 2.93. The molecule has 2 unspecified atom stereocenters. The SMILES string of the molecule is CN=C(NCC1CCN(c2ccccc2)C1)N1CCC(c2cnn(C)c2)C1.I. The van der Waals surface area contributed by atoms with Gasteiger partial charge < -0.3 is 15.1 Å². The van der Waals surface area contributed by atoms with Crippen molar-refractivity contribution in [1.29, 1.82) is 0 Å². The largest absolute Gasteiger partial charge is 0.371 e. The van der Waals surface area contributed by atoms with Crippen LogP contribution in [0.25, 0.3) is 0 Å². The summed E-state index contributed by atoms with van der Waals surface area (Å²) >= 11 is 0. The molecule has 2 aromatic rings. The Bertz CT molecular complexity index is 774. The number of halogens is 1. The molecule has 0 aliphatic carbocycles. The van der Waals surface area contributed by atoms with Crippen LogP contribution < -0.4 is 10.2 Å². The number of aliphatic imine (C=N–C) groups is 1. The second-order valence-electron chi connectivity index (χ2n) is 7.74. The number of hydrogen-bond acceptors (Lipinski definition) is 3. The molecule has 0 spiro atoms. The predicted molar refractivity (Wildman–Crippen MR) is 126 cm³/mol. The van der Waals surface area contributed by atoms with Gasteiger partial charge in [0.25, 0.3) is 0 Å². The van der Waals surface area contributed by atoms with Crippen molar-refractivity contribution in [1.82, 2.24) is 20.0 Å². The maximum atomic E-state index is 4.54. The van der Waals surface area contributed by atoms with Gasteiger partial charge in [-0.1, -0.05) is 18.2 Å². The van der Waals surface area contributed by atoms with E-state index in [1.807, 2.05) is 25.0 Å². The van der Waals surface area contributed by atoms with Gasteiger partial charge in [0.2, 0.25) is 0 Å². The van der Waals surface area contributed by atoms with Crippen molar-refractivity contribution in [2.24, 2.45) is 18.0 Å². The molecule has 2 aliphatic rings. The minimum Gasteiger partial charge on any atom is -0.371 e. The van der Waals surface area contributed by atoms with Crippen molar-refractivity contribution in [3.8, 4) is 0 Å². The summed E-state index contributed by atoms with van der Waals surface area (Å²) in [5, 5.41) is 7.95. The Morgan fingerprint density at radius 1 is 1.18 bits per heavy atom. The Hall–Kier alpha value is -1.77. The summed E-state index contributed by atoms with van der Waals surface area (Å²) in [6.45, 7) is 5.32. The Morgan fingerprint density at radius 2 is 2.00 bits per heavy atom. The van der Waals surface area contributed by atoms with Gasteiger partial charge in [0, 0.05) is 64.6 Å². The molecule has 2 fully saturated rings. The molecule has 1 aromatic heterocycles. The molecule has 0 saturated carbocycles. The molecule has 2 aliphatic heterocycles. The molecular formula is C21H31IN6. The van der Waals surface area contributed by atoms with Gasteiger partial charge in [-0.15, -0.1) is 24.0 Å². The van der Waals surface area contributed by atoms with Crippen LogP contribution in [0.5, 0.6) is 0 Å². The minimum absolute atomic E-state index is 0. The van der Waals surface area contributed by atoms with Crippen LogP contribution in [0, 0.1) is 5.92 Å². The van der Waals surface area contributed by atoms with E-state index < -0.39 is 0 Å². The van der Waals surface area contributed by atoms with E-state index in [1.54, 1.807) is 0 Å². The maximum absolute atomic E-state index is 4.54. The molecule has 2 atom stereocenters. The zero-order valence-electron chi connectivity index (χ0n) is 16.8. The first kappa shape index (κ1) is 21.0. The highest BCUT2D eigenvalue weighted by Gasteiger charge is 2.28. The summed E-state index contributed by atoms with van der Waals surface area (Å²) in [4.78, 5) is 9.42. The third kappa shape index (κ3) is 4.79. The number of aromatic nitrogens is 2. The van der Waals surface area contributed by atoms with Gasteiger partial charge in [0.15, 0.2) is 5.96 Å². The smallest absolute Gasteiger partial charge is 0.193 e. The molecule has 1 aromatic carbocycles. The Labute approximate surface area is 185 Å². The second-order valence-corrected chi connectivity index (χ2v) is 7.74. The molecule has 2 saturated heterocycles. The first-order valence-corrected chi connectivity index (χ1v) is 9.97. The van der Waals surface area contributed by atoms with Crippen molar-refractivity contribution >= 4 is 35.6 Å². The summed E-state index contributed by atoms with van der Waals surface area (Å²) in [6, 6.07) is 10.7. The summed E-state index contributed by atoms with van der Waals surface area (Å²) in [6.07, 6.45) is 6.54. The van der Waals surface area contributed by atoms with Crippen molar-refractivity contribution < 1.29 is 0 Å². The Morgan fingerprint density at radius 3 is 2.71 bits per heavy atom. The summed E-state index contributed by atoms with van der Waals surface area (Å²) in [7, 11) is 3.88. The number of guanidine groups is 1. The van der Waals surface area contributed by atoms with Crippen LogP contribution in [0.3, 0.4) is 0 Å². The van der Waals surface area contributed by atoms with Crippen LogP contribution in [-0.4, -0.2) is 60.4 Å². The molecular weight excluding hydrogens is 463 g/mol. The molecule has 152 valence electrons. The lowest BCUT2D eigenvalue weighted by Crippen LogP contribution is -2.42. The quantitative estimate of drug-likeness (QED) is 0.404. The van der Waals surface area contributed by atoms with Gasteiger partial charge >= 0.3 is 0 Å². The first-order chi connectivity index (χ1) is 13.2. The molecule has 7 heteroatoms. The lowest BCUT2D eigenvalue weighted by atomic mass is 10.0. The number of anilines is 1. The molecule has 0 radical (unpaired) electrons. The van der Waals surface area contributed by atoms with E-state index in [-0.39, 0.29) is 24.0 Å². The van der Waals surface area contributed by atoms with E-state index in [2.05, 4.69) is 61.7 Å². The summed E-state index contributed by atoms with van der Waals surface area (Å²) in [5.74, 6) is 2.26. The number of benzene rings is 1. The fourth-order valence-electron chi connectivity index (χ4n) is 4.32. The van der Waals surface area contributed by atoms with E-state index in [0.717, 1.165) is 45.1 Å². The van der Waals surface area contributed by atoms with Gasteiger partial charge in [0.1, 0.15) is 0 Å². The highest BCUT2D eigenvalue weighted by Crippen LogP contribution is 2.27. The highest BCUT2D eigenvalue weighted by atomic mass is 127. The van der Waals surface area contributed by atoms with E-state index in [9.17, 15) is 0 Å². The molecule has 0 amide bonds. The zero-order valence-corrected chi connectivity index (χ0v) is 19.1. The van der Waals surface area contributed by atoms with E-state index in [4.69, 9.17) is 0 Å². The monoisotopic (exact) mass is 494 g/mol. The van der Waals surface area contributed by atoms with E-state index in [1.165, 1.54) is 17.7 Å². The maximum Gasteiger partial charge on any atom is 0.193 e. The summed E-state index contributed by atoms with van der Waals surface area (Å²) in [5.41, 5.74) is 2.67. The molecule has 3 heterocycles. The van der Waals surface area contributed by atoms with Crippen molar-refractivity contribution in [2.75, 3.05) is 44.7 Å². The van der Waals surface area contributed by atoms with Crippen molar-refractivity contribution in [3.63, 3.8) is 0 Å². The third-order valence-electron chi connectivity index (χ3n) is 5.85. The second kappa shape index (κ2) is 9.62. The Kier molecular flexibility index (Phi) is 7.20. The fraction of sp³-hybridized carbons (Fsp3) is 0.524. The third-order valence-corrected chi connectivity index (χ3v) is 5.85. The van der Waals surface area contributed by atoms with Crippen LogP contribution in [0.15, 0.2) is 47.7 Å². The van der Waals surface area contributed by atoms with E-state index in [0.29, 0.717) is 11.8 Å². The highest BCUT2D eigenvalue weighted by molar-refractivity contribution is 14.0. The molecule has 28 heavy (non-hydrogen) atoms. The fourth-order valence-corrected chi connectivity index (χ4v) is 4.32. The molecule has 4 rings (SSSR count). The van der Waals surface area contributed by atoms with Crippen LogP contribution in [-0.2, 0) is 7.05 Å². The normalized spacial score (nSPS) is 22.4. The number of hydrogen-bond donors (Lipinski definition) is 1. The number of rotatable bonds is 4. The average molecular weight is 494 g/mol. The number of aryl methyl sites for hydroxylation is 1. The lowest BCUT2D eigenvalue weighted by Gasteiger charge is -2.23. The van der Waals surface area contributed by atoms with Gasteiger partial charge in [-0.25, -0.2) is 0 Å². The average Bonchev–Trinajstić information content (AvgIpc) is 3.44.